The van der Waals surface area contributed by atoms with Crippen molar-refractivity contribution in [2.45, 2.75) is 45.1 Å². The average Bonchev–Trinajstić information content (AvgIpc) is 2.16. The maximum Gasteiger partial charge on any atom is 0.0531 e. The molecule has 0 amide bonds. The van der Waals surface area contributed by atoms with Crippen LogP contribution in [-0.4, -0.2) is 17.6 Å². The highest BCUT2D eigenvalue weighted by molar-refractivity contribution is 4.87. The second kappa shape index (κ2) is 3.64. The van der Waals surface area contributed by atoms with Crippen LogP contribution in [-0.2, 0) is 0 Å². The van der Waals surface area contributed by atoms with Crippen LogP contribution in [0.3, 0.4) is 0 Å². The van der Waals surface area contributed by atoms with E-state index in [0.717, 1.165) is 12.5 Å². The summed E-state index contributed by atoms with van der Waals surface area (Å²) in [6, 6.07) is 0.474. The van der Waals surface area contributed by atoms with Crippen molar-refractivity contribution in [3.05, 3.63) is 4.91 Å². The molecule has 0 unspecified atom stereocenters. The molecular weight excluding hydrogens is 164 g/mol. The predicted octanol–water partition coefficient (Wildman–Crippen LogP) is 2.57. The molecule has 1 aliphatic heterocycles. The van der Waals surface area contributed by atoms with Crippen LogP contribution < -0.4 is 0 Å². The minimum Gasteiger partial charge on any atom is -0.257 e. The van der Waals surface area contributed by atoms with Crippen molar-refractivity contribution in [1.29, 1.82) is 0 Å². The number of nitroso groups, excluding NO2 is 1. The lowest BCUT2D eigenvalue weighted by Gasteiger charge is -2.43. The van der Waals surface area contributed by atoms with E-state index >= 15 is 0 Å². The molecule has 3 nitrogen and oxygen atoms in total. The van der Waals surface area contributed by atoms with Gasteiger partial charge in [-0.2, -0.15) is 0 Å². The van der Waals surface area contributed by atoms with Crippen molar-refractivity contribution in [2.75, 3.05) is 6.54 Å². The molecule has 74 valence electrons. The van der Waals surface area contributed by atoms with Crippen molar-refractivity contribution in [3.8, 4) is 0 Å². The molecule has 13 heavy (non-hydrogen) atoms. The molecule has 2 fully saturated rings. The zero-order chi connectivity index (χ0) is 9.26. The topological polar surface area (TPSA) is 32.7 Å². The Labute approximate surface area is 79.4 Å². The zero-order valence-corrected chi connectivity index (χ0v) is 8.28. The fourth-order valence-electron chi connectivity index (χ4n) is 3.00. The molecule has 0 bridgehead atoms. The third kappa shape index (κ3) is 1.69. The Bertz CT molecular complexity index is 195. The number of rotatable bonds is 1. The fraction of sp³-hybridized carbons (Fsp3) is 1.00. The highest BCUT2D eigenvalue weighted by atomic mass is 16.3. The molecule has 1 heterocycles. The van der Waals surface area contributed by atoms with Gasteiger partial charge in [0.2, 0.25) is 0 Å². The molecule has 0 aromatic carbocycles. The second-order valence-electron chi connectivity index (χ2n) is 4.66. The Balaban J connectivity index is 2.06. The summed E-state index contributed by atoms with van der Waals surface area (Å²) in [5.41, 5.74) is 0. The molecule has 1 saturated carbocycles. The normalized spacial score (nSPS) is 39.8. The van der Waals surface area contributed by atoms with Crippen LogP contribution in [0.15, 0.2) is 5.29 Å². The van der Waals surface area contributed by atoms with Gasteiger partial charge in [-0.3, -0.25) is 5.01 Å². The largest absolute Gasteiger partial charge is 0.257 e. The predicted molar refractivity (Wildman–Crippen MR) is 52.0 cm³/mol. The fourth-order valence-corrected chi connectivity index (χ4v) is 3.00. The van der Waals surface area contributed by atoms with Crippen LogP contribution in [0.25, 0.3) is 0 Å². The maximum absolute atomic E-state index is 10.6. The first-order chi connectivity index (χ1) is 6.31. The Morgan fingerprint density at radius 3 is 2.85 bits per heavy atom. The van der Waals surface area contributed by atoms with Crippen LogP contribution in [0.5, 0.6) is 0 Å². The lowest BCUT2D eigenvalue weighted by molar-refractivity contribution is 0.0342. The van der Waals surface area contributed by atoms with Gasteiger partial charge >= 0.3 is 0 Å². The summed E-state index contributed by atoms with van der Waals surface area (Å²) in [7, 11) is 0. The van der Waals surface area contributed by atoms with Crippen molar-refractivity contribution in [3.63, 3.8) is 0 Å². The maximum atomic E-state index is 10.6. The molecule has 1 aliphatic carbocycles. The highest BCUT2D eigenvalue weighted by Gasteiger charge is 2.36. The Kier molecular flexibility index (Phi) is 2.51. The van der Waals surface area contributed by atoms with Gasteiger partial charge < -0.3 is 0 Å². The molecule has 0 N–H and O–H groups in total. The summed E-state index contributed by atoms with van der Waals surface area (Å²) in [5, 5.41) is 4.97. The molecule has 2 rings (SSSR count). The van der Waals surface area contributed by atoms with Crippen LogP contribution in [0.2, 0.25) is 0 Å². The number of fused-ring (bicyclic) bond motifs is 1. The van der Waals surface area contributed by atoms with E-state index < -0.39 is 0 Å². The first-order valence-electron chi connectivity index (χ1n) is 5.41. The lowest BCUT2D eigenvalue weighted by atomic mass is 9.76. The van der Waals surface area contributed by atoms with Gasteiger partial charge in [-0.25, -0.2) is 0 Å². The van der Waals surface area contributed by atoms with Crippen LogP contribution >= 0.6 is 0 Å². The Morgan fingerprint density at radius 2 is 2.08 bits per heavy atom. The molecule has 3 heteroatoms. The molecule has 0 radical (unpaired) electrons. The molecular formula is C10H18N2O. The van der Waals surface area contributed by atoms with Gasteiger partial charge in [0.25, 0.3) is 0 Å². The Hall–Kier alpha value is -0.600. The summed E-state index contributed by atoms with van der Waals surface area (Å²) in [5.74, 6) is 1.40. The molecule has 3 atom stereocenters. The number of nitrogens with zero attached hydrogens (tertiary/aromatic N) is 2. The van der Waals surface area contributed by atoms with Crippen molar-refractivity contribution >= 4 is 0 Å². The first kappa shape index (κ1) is 8.97. The van der Waals surface area contributed by atoms with E-state index in [-0.39, 0.29) is 0 Å². The van der Waals surface area contributed by atoms with Gasteiger partial charge in [0.05, 0.1) is 11.3 Å². The highest BCUT2D eigenvalue weighted by Crippen LogP contribution is 2.37. The van der Waals surface area contributed by atoms with E-state index in [1.807, 2.05) is 0 Å². The van der Waals surface area contributed by atoms with Gasteiger partial charge in [0.15, 0.2) is 0 Å². The standard InChI is InChI=1S/C10H18N2O/c1-8-6-9-4-2-3-5-10(9)12(7-8)11-13/h8-10H,2-7H2,1H3/t8-,9+,10+/m0/s1. The van der Waals surface area contributed by atoms with Gasteiger partial charge in [-0.1, -0.05) is 19.8 Å². The summed E-state index contributed by atoms with van der Waals surface area (Å²) < 4.78 is 0. The molecule has 2 aliphatic rings. The summed E-state index contributed by atoms with van der Waals surface area (Å²) in [6.45, 7) is 3.10. The lowest BCUT2D eigenvalue weighted by Crippen LogP contribution is -2.46. The third-order valence-corrected chi connectivity index (χ3v) is 3.56. The summed E-state index contributed by atoms with van der Waals surface area (Å²) >= 11 is 0. The number of hydrogen-bond donors (Lipinski definition) is 0. The minimum absolute atomic E-state index is 0.474. The van der Waals surface area contributed by atoms with Gasteiger partial charge in [-0.05, 0) is 31.1 Å². The number of hydrogen-bond acceptors (Lipinski definition) is 2. The van der Waals surface area contributed by atoms with Crippen LogP contribution in [0, 0.1) is 16.7 Å². The van der Waals surface area contributed by atoms with E-state index in [1.165, 1.54) is 32.1 Å². The van der Waals surface area contributed by atoms with Gasteiger partial charge in [-0.15, -0.1) is 4.91 Å². The zero-order valence-electron chi connectivity index (χ0n) is 8.28. The molecule has 0 aromatic heterocycles. The van der Waals surface area contributed by atoms with Crippen molar-refractivity contribution in [2.24, 2.45) is 17.1 Å². The molecule has 1 saturated heterocycles. The van der Waals surface area contributed by atoms with Gasteiger partial charge in [0, 0.05) is 6.54 Å². The SMILES string of the molecule is C[C@H]1C[C@H]2CCCC[C@H]2N(N=O)C1. The minimum atomic E-state index is 0.474. The summed E-state index contributed by atoms with van der Waals surface area (Å²) in [4.78, 5) is 10.6. The quantitative estimate of drug-likeness (QED) is 0.584. The second-order valence-corrected chi connectivity index (χ2v) is 4.66. The third-order valence-electron chi connectivity index (χ3n) is 3.56. The average molecular weight is 182 g/mol. The van der Waals surface area contributed by atoms with E-state index in [2.05, 4.69) is 12.2 Å². The monoisotopic (exact) mass is 182 g/mol. The van der Waals surface area contributed by atoms with Crippen LogP contribution in [0.1, 0.15) is 39.0 Å². The van der Waals surface area contributed by atoms with Crippen molar-refractivity contribution in [1.82, 2.24) is 5.01 Å². The van der Waals surface area contributed by atoms with E-state index in [4.69, 9.17) is 0 Å². The van der Waals surface area contributed by atoms with Crippen molar-refractivity contribution < 1.29 is 0 Å². The van der Waals surface area contributed by atoms with E-state index in [0.29, 0.717) is 12.0 Å². The Morgan fingerprint density at radius 1 is 1.31 bits per heavy atom. The molecule has 0 aromatic rings. The summed E-state index contributed by atoms with van der Waals surface area (Å²) in [6.07, 6.45) is 6.42. The van der Waals surface area contributed by atoms with E-state index in [1.54, 1.807) is 5.01 Å². The number of piperidine rings is 1. The van der Waals surface area contributed by atoms with E-state index in [9.17, 15) is 4.91 Å². The molecule has 0 spiro atoms. The smallest absolute Gasteiger partial charge is 0.0531 e. The van der Waals surface area contributed by atoms with Crippen LogP contribution in [0.4, 0.5) is 0 Å². The first-order valence-corrected chi connectivity index (χ1v) is 5.41. The van der Waals surface area contributed by atoms with Gasteiger partial charge in [0.1, 0.15) is 0 Å².